The Labute approximate surface area is 165 Å². The number of hydrogen-bond acceptors (Lipinski definition) is 6. The number of halogens is 1. The van der Waals surface area contributed by atoms with Crippen LogP contribution in [0.4, 0.5) is 10.2 Å². The second kappa shape index (κ2) is 6.63. The monoisotopic (exact) mass is 395 g/mol. The minimum Gasteiger partial charge on any atom is -0.351 e. The second-order valence-corrected chi connectivity index (χ2v) is 8.23. The first kappa shape index (κ1) is 17.2. The quantitative estimate of drug-likeness (QED) is 0.735. The van der Waals surface area contributed by atoms with Crippen molar-refractivity contribution >= 4 is 23.1 Å². The van der Waals surface area contributed by atoms with Gasteiger partial charge in [0.15, 0.2) is 5.13 Å². The van der Waals surface area contributed by atoms with Crippen molar-refractivity contribution in [3.63, 3.8) is 0 Å². The zero-order valence-corrected chi connectivity index (χ0v) is 16.0. The number of nitrogens with one attached hydrogen (secondary N) is 1. The summed E-state index contributed by atoms with van der Waals surface area (Å²) in [5.74, 6) is 1.73. The van der Waals surface area contributed by atoms with Crippen LogP contribution >= 0.6 is 11.3 Å². The number of thiophene rings is 1. The normalized spacial score (nSPS) is 22.8. The minimum atomic E-state index is -0.345. The number of hydrogen-bond donors (Lipinski definition) is 1. The Hall–Kier alpha value is -2.87. The first-order valence-corrected chi connectivity index (χ1v) is 10.00. The van der Waals surface area contributed by atoms with Crippen LogP contribution in [-0.4, -0.2) is 39.5 Å². The predicted octanol–water partition coefficient (Wildman–Crippen LogP) is 3.05. The van der Waals surface area contributed by atoms with Gasteiger partial charge in [-0.2, -0.15) is 4.39 Å². The number of carbonyl (C=O) groups is 1. The molecule has 1 saturated carbocycles. The number of anilines is 1. The molecule has 3 aliphatic rings. The third-order valence-electron chi connectivity index (χ3n) is 5.44. The molecule has 2 bridgehead atoms. The number of fused-ring (bicyclic) bond motifs is 1. The number of nitrogens with zero attached hydrogens (tertiary/aromatic N) is 4. The zero-order valence-electron chi connectivity index (χ0n) is 15.2. The molecule has 3 fully saturated rings. The highest BCUT2D eigenvalue weighted by Gasteiger charge is 2.53. The molecule has 3 atom stereocenters. The van der Waals surface area contributed by atoms with Gasteiger partial charge in [0.25, 0.3) is 5.91 Å². The zero-order chi connectivity index (χ0) is 19.3. The topological polar surface area (TPSA) is 71.0 Å². The van der Waals surface area contributed by atoms with Crippen molar-refractivity contribution in [1.82, 2.24) is 20.3 Å². The molecule has 142 valence electrons. The number of rotatable bonds is 4. The highest BCUT2D eigenvalue weighted by atomic mass is 32.1. The minimum absolute atomic E-state index is 0.0613. The van der Waals surface area contributed by atoms with Crippen molar-refractivity contribution in [2.75, 3.05) is 11.4 Å². The van der Waals surface area contributed by atoms with E-state index in [0.717, 1.165) is 41.5 Å². The van der Waals surface area contributed by atoms with E-state index < -0.39 is 0 Å². The van der Waals surface area contributed by atoms with Crippen LogP contribution in [0.5, 0.6) is 0 Å². The summed E-state index contributed by atoms with van der Waals surface area (Å²) in [5.41, 5.74) is 1.60. The summed E-state index contributed by atoms with van der Waals surface area (Å²) in [4.78, 5) is 28.6. The standard InChI is InChI=1S/C20H18FN5OS/c1-11-23-14(13-4-2-3-7-22-13)9-18(24-11)26-10-12-8-15(26)19(12)25-20(27)16-5-6-17(21)28-16/h2-7,9,12,15,19H,8,10H2,1H3,(H,25,27). The van der Waals surface area contributed by atoms with Crippen molar-refractivity contribution < 1.29 is 9.18 Å². The fraction of sp³-hybridized carbons (Fsp3) is 0.300. The Balaban J connectivity index is 1.36. The molecule has 5 heterocycles. The van der Waals surface area contributed by atoms with E-state index in [2.05, 4.69) is 25.2 Å². The Morgan fingerprint density at radius 2 is 2.14 bits per heavy atom. The molecule has 0 radical (unpaired) electrons. The molecule has 2 aliphatic heterocycles. The van der Waals surface area contributed by atoms with Crippen LogP contribution in [0, 0.1) is 18.0 Å². The maximum absolute atomic E-state index is 13.2. The summed E-state index contributed by atoms with van der Waals surface area (Å²) in [6, 6.07) is 10.8. The summed E-state index contributed by atoms with van der Waals surface area (Å²) < 4.78 is 13.2. The largest absolute Gasteiger partial charge is 0.351 e. The van der Waals surface area contributed by atoms with Gasteiger partial charge in [0.2, 0.25) is 0 Å². The molecule has 1 aliphatic carbocycles. The smallest absolute Gasteiger partial charge is 0.261 e. The number of aromatic nitrogens is 3. The molecular weight excluding hydrogens is 377 g/mol. The average molecular weight is 395 g/mol. The van der Waals surface area contributed by atoms with Gasteiger partial charge in [-0.15, -0.1) is 11.3 Å². The van der Waals surface area contributed by atoms with Gasteiger partial charge in [0.1, 0.15) is 11.6 Å². The lowest BCUT2D eigenvalue weighted by atomic mass is 9.80. The SMILES string of the molecule is Cc1nc(-c2ccccn2)cc(N2CC3CC2C3NC(=O)c2ccc(F)s2)n1. The molecule has 0 spiro atoms. The summed E-state index contributed by atoms with van der Waals surface area (Å²) in [7, 11) is 0. The highest BCUT2D eigenvalue weighted by molar-refractivity contribution is 7.12. The van der Waals surface area contributed by atoms with Crippen LogP contribution < -0.4 is 10.2 Å². The Morgan fingerprint density at radius 1 is 1.25 bits per heavy atom. The maximum atomic E-state index is 13.2. The van der Waals surface area contributed by atoms with E-state index >= 15 is 0 Å². The molecule has 28 heavy (non-hydrogen) atoms. The summed E-state index contributed by atoms with van der Waals surface area (Å²) >= 11 is 0.874. The fourth-order valence-corrected chi connectivity index (χ4v) is 4.73. The van der Waals surface area contributed by atoms with Gasteiger partial charge >= 0.3 is 0 Å². The van der Waals surface area contributed by atoms with Gasteiger partial charge < -0.3 is 10.2 Å². The summed E-state index contributed by atoms with van der Waals surface area (Å²) in [6.07, 6.45) is 2.77. The van der Waals surface area contributed by atoms with Gasteiger partial charge in [-0.3, -0.25) is 9.78 Å². The van der Waals surface area contributed by atoms with Crippen molar-refractivity contribution in [2.24, 2.45) is 5.92 Å². The van der Waals surface area contributed by atoms with Crippen molar-refractivity contribution in [3.05, 3.63) is 58.4 Å². The molecule has 3 aromatic heterocycles. The molecule has 2 saturated heterocycles. The highest BCUT2D eigenvalue weighted by Crippen LogP contribution is 2.43. The van der Waals surface area contributed by atoms with Gasteiger partial charge in [-0.25, -0.2) is 9.97 Å². The third-order valence-corrected chi connectivity index (χ3v) is 6.31. The van der Waals surface area contributed by atoms with Crippen LogP contribution in [0.25, 0.3) is 11.4 Å². The van der Waals surface area contributed by atoms with Crippen LogP contribution in [0.3, 0.4) is 0 Å². The molecule has 8 heteroatoms. The molecule has 6 rings (SSSR count). The number of pyridine rings is 1. The molecule has 1 amide bonds. The lowest BCUT2D eigenvalue weighted by Gasteiger charge is -2.37. The number of aryl methyl sites for hydroxylation is 1. The molecule has 3 unspecified atom stereocenters. The lowest BCUT2D eigenvalue weighted by Crippen LogP contribution is -2.54. The van der Waals surface area contributed by atoms with Gasteiger partial charge in [-0.05, 0) is 37.6 Å². The second-order valence-electron chi connectivity index (χ2n) is 7.19. The molecule has 3 aromatic rings. The van der Waals surface area contributed by atoms with Crippen molar-refractivity contribution in [2.45, 2.75) is 25.4 Å². The average Bonchev–Trinajstić information content (AvgIpc) is 3.41. The Kier molecular flexibility index (Phi) is 4.08. The number of amides is 1. The number of carbonyl (C=O) groups excluding carboxylic acids is 1. The van der Waals surface area contributed by atoms with E-state index in [1.54, 1.807) is 6.20 Å². The Bertz CT molecular complexity index is 1040. The molecular formula is C20H18FN5OS. The van der Waals surface area contributed by atoms with E-state index in [1.165, 1.54) is 12.1 Å². The third kappa shape index (κ3) is 2.93. The first-order chi connectivity index (χ1) is 13.6. The molecule has 6 nitrogen and oxygen atoms in total. The van der Waals surface area contributed by atoms with E-state index in [4.69, 9.17) is 0 Å². The first-order valence-electron chi connectivity index (χ1n) is 9.18. The van der Waals surface area contributed by atoms with E-state index in [-0.39, 0.29) is 23.1 Å². The summed E-state index contributed by atoms with van der Waals surface area (Å²) in [5, 5.41) is 2.73. The van der Waals surface area contributed by atoms with Crippen LogP contribution in [0.1, 0.15) is 21.9 Å². The van der Waals surface area contributed by atoms with Crippen LogP contribution in [-0.2, 0) is 0 Å². The summed E-state index contributed by atoms with van der Waals surface area (Å²) in [6.45, 7) is 2.72. The molecule has 0 aromatic carbocycles. The fourth-order valence-electron chi connectivity index (χ4n) is 4.10. The molecule has 1 N–H and O–H groups in total. The van der Waals surface area contributed by atoms with Gasteiger partial charge in [0.05, 0.1) is 28.3 Å². The van der Waals surface area contributed by atoms with Crippen LogP contribution in [0.15, 0.2) is 42.6 Å². The van der Waals surface area contributed by atoms with Crippen molar-refractivity contribution in [3.8, 4) is 11.4 Å². The predicted molar refractivity (Wildman–Crippen MR) is 105 cm³/mol. The van der Waals surface area contributed by atoms with E-state index in [1.807, 2.05) is 31.2 Å². The van der Waals surface area contributed by atoms with E-state index in [9.17, 15) is 9.18 Å². The Morgan fingerprint density at radius 3 is 2.89 bits per heavy atom. The lowest BCUT2D eigenvalue weighted by molar-refractivity contribution is 0.0898. The van der Waals surface area contributed by atoms with Gasteiger partial charge in [0, 0.05) is 24.7 Å². The van der Waals surface area contributed by atoms with E-state index in [0.29, 0.717) is 16.6 Å². The van der Waals surface area contributed by atoms with Crippen LogP contribution in [0.2, 0.25) is 0 Å². The van der Waals surface area contributed by atoms with Crippen molar-refractivity contribution in [1.29, 1.82) is 0 Å². The van der Waals surface area contributed by atoms with Gasteiger partial charge in [-0.1, -0.05) is 6.07 Å². The maximum Gasteiger partial charge on any atom is 0.261 e.